The summed E-state index contributed by atoms with van der Waals surface area (Å²) in [4.78, 5) is 31.3. The zero-order valence-electron chi connectivity index (χ0n) is 13.0. The largest absolute Gasteiger partial charge is 0.494 e. The molecule has 1 heterocycles. The van der Waals surface area contributed by atoms with Crippen LogP contribution in [-0.2, 0) is 9.53 Å². The summed E-state index contributed by atoms with van der Waals surface area (Å²) in [5, 5.41) is 2.84. The molecule has 0 aliphatic heterocycles. The van der Waals surface area contributed by atoms with Gasteiger partial charge in [0.2, 0.25) is 5.95 Å². The van der Waals surface area contributed by atoms with Crippen LogP contribution in [0.3, 0.4) is 0 Å². The number of nitrogens with one attached hydrogen (secondary N) is 1. The third kappa shape index (κ3) is 5.01. The van der Waals surface area contributed by atoms with E-state index in [1.165, 1.54) is 19.2 Å². The zero-order valence-corrected chi connectivity index (χ0v) is 13.0. The van der Waals surface area contributed by atoms with Crippen molar-refractivity contribution in [2.45, 2.75) is 6.42 Å². The van der Waals surface area contributed by atoms with Crippen molar-refractivity contribution in [2.24, 2.45) is 0 Å². The van der Waals surface area contributed by atoms with Crippen LogP contribution in [0.4, 0.5) is 10.3 Å². The molecule has 0 fully saturated rings. The summed E-state index contributed by atoms with van der Waals surface area (Å²) in [6.07, 6.45) is 3.18. The lowest BCUT2D eigenvalue weighted by Gasteiger charge is -2.07. The first-order valence-electron chi connectivity index (χ1n) is 7.13. The molecule has 2 aromatic rings. The Kier molecular flexibility index (Phi) is 6.18. The molecule has 0 unspecified atom stereocenters. The van der Waals surface area contributed by atoms with Gasteiger partial charge in [0.05, 0.1) is 13.5 Å². The number of carbonyl (C=O) groups is 2. The second-order valence-corrected chi connectivity index (χ2v) is 4.68. The maximum absolute atomic E-state index is 13.5. The molecule has 0 aliphatic rings. The Morgan fingerprint density at radius 1 is 1.25 bits per heavy atom. The first-order chi connectivity index (χ1) is 11.6. The number of ketones is 1. The van der Waals surface area contributed by atoms with Crippen molar-refractivity contribution in [1.82, 2.24) is 9.97 Å². The number of carbonyl (C=O) groups excluding carboxylic acids is 2. The van der Waals surface area contributed by atoms with Gasteiger partial charge in [-0.05, 0) is 24.3 Å². The van der Waals surface area contributed by atoms with E-state index in [0.717, 1.165) is 6.07 Å². The van der Waals surface area contributed by atoms with Crippen molar-refractivity contribution in [2.75, 3.05) is 25.6 Å². The normalized spacial score (nSPS) is 10.1. The molecule has 0 radical (unpaired) electrons. The number of hydrogen-bond donors (Lipinski definition) is 1. The Balaban J connectivity index is 1.75. The van der Waals surface area contributed by atoms with Gasteiger partial charge in [-0.25, -0.2) is 14.4 Å². The molecule has 7 nitrogen and oxygen atoms in total. The van der Waals surface area contributed by atoms with Crippen molar-refractivity contribution in [3.05, 3.63) is 48.0 Å². The van der Waals surface area contributed by atoms with Gasteiger partial charge in [-0.3, -0.25) is 9.59 Å². The van der Waals surface area contributed by atoms with Crippen LogP contribution in [0.2, 0.25) is 0 Å². The first kappa shape index (κ1) is 17.3. The smallest absolute Gasteiger partial charge is 0.308 e. The lowest BCUT2D eigenvalue weighted by Crippen LogP contribution is -2.17. The van der Waals surface area contributed by atoms with Crippen molar-refractivity contribution < 1.29 is 23.5 Å². The van der Waals surface area contributed by atoms with Gasteiger partial charge >= 0.3 is 5.97 Å². The van der Waals surface area contributed by atoms with Gasteiger partial charge in [-0.1, -0.05) is 0 Å². The number of aromatic nitrogens is 2. The fourth-order valence-electron chi connectivity index (χ4n) is 1.81. The molecule has 1 aromatic carbocycles. The SMILES string of the molecule is COc1ccc(C(=O)COC(=O)CCNc2ncccn2)cc1F. The molecule has 0 amide bonds. The number of methoxy groups -OCH3 is 1. The van der Waals surface area contributed by atoms with Crippen LogP contribution in [0.25, 0.3) is 0 Å². The predicted octanol–water partition coefficient (Wildman–Crippen LogP) is 1.85. The predicted molar refractivity (Wildman–Crippen MR) is 83.4 cm³/mol. The first-order valence-corrected chi connectivity index (χ1v) is 7.13. The average Bonchev–Trinajstić information content (AvgIpc) is 2.60. The van der Waals surface area contributed by atoms with Crippen LogP contribution < -0.4 is 10.1 Å². The quantitative estimate of drug-likeness (QED) is 0.582. The van der Waals surface area contributed by atoms with E-state index < -0.39 is 24.2 Å². The number of ether oxygens (including phenoxy) is 2. The van der Waals surface area contributed by atoms with Crippen LogP contribution in [0, 0.1) is 5.82 Å². The molecule has 0 spiro atoms. The maximum Gasteiger partial charge on any atom is 0.308 e. The van der Waals surface area contributed by atoms with Gasteiger partial charge in [-0.15, -0.1) is 0 Å². The Morgan fingerprint density at radius 3 is 2.67 bits per heavy atom. The monoisotopic (exact) mass is 333 g/mol. The minimum Gasteiger partial charge on any atom is -0.494 e. The third-order valence-electron chi connectivity index (χ3n) is 3.02. The molecule has 24 heavy (non-hydrogen) atoms. The standard InChI is InChI=1S/C16H16FN3O4/c1-23-14-4-3-11(9-12(14)17)13(21)10-24-15(22)5-8-20-16-18-6-2-7-19-16/h2-4,6-7,9H,5,8,10H2,1H3,(H,18,19,20). The van der Waals surface area contributed by atoms with E-state index in [9.17, 15) is 14.0 Å². The molecule has 0 saturated carbocycles. The molecule has 126 valence electrons. The Bertz CT molecular complexity index is 710. The molecule has 1 N–H and O–H groups in total. The van der Waals surface area contributed by atoms with Crippen molar-refractivity contribution in [1.29, 1.82) is 0 Å². The maximum atomic E-state index is 13.5. The van der Waals surface area contributed by atoms with Crippen molar-refractivity contribution in [3.63, 3.8) is 0 Å². The topological polar surface area (TPSA) is 90.4 Å². The van der Waals surface area contributed by atoms with Crippen LogP contribution in [0.1, 0.15) is 16.8 Å². The minimum atomic E-state index is -0.651. The minimum absolute atomic E-state index is 0.0396. The Hall–Kier alpha value is -3.03. The van der Waals surface area contributed by atoms with Gasteiger partial charge in [0, 0.05) is 24.5 Å². The van der Waals surface area contributed by atoms with Crippen molar-refractivity contribution in [3.8, 4) is 5.75 Å². The number of esters is 1. The second-order valence-electron chi connectivity index (χ2n) is 4.68. The lowest BCUT2D eigenvalue weighted by atomic mass is 10.1. The molecule has 8 heteroatoms. The van der Waals surface area contributed by atoms with Gasteiger partial charge in [0.1, 0.15) is 0 Å². The summed E-state index contributed by atoms with van der Waals surface area (Å²) in [5.74, 6) is -1.26. The van der Waals surface area contributed by atoms with Gasteiger partial charge in [0.25, 0.3) is 0 Å². The van der Waals surface area contributed by atoms with Crippen molar-refractivity contribution >= 4 is 17.7 Å². The van der Waals surface area contributed by atoms with Crippen LogP contribution in [0.5, 0.6) is 5.75 Å². The molecular formula is C16H16FN3O4. The Labute approximate surface area is 137 Å². The zero-order chi connectivity index (χ0) is 17.4. The van der Waals surface area contributed by atoms with Gasteiger partial charge in [-0.2, -0.15) is 0 Å². The van der Waals surface area contributed by atoms with E-state index in [1.54, 1.807) is 18.5 Å². The molecule has 1 aromatic heterocycles. The highest BCUT2D eigenvalue weighted by atomic mass is 19.1. The van der Waals surface area contributed by atoms with Crippen LogP contribution >= 0.6 is 0 Å². The number of Topliss-reactive ketones (excluding diaryl/α,β-unsaturated/α-hetero) is 1. The van der Waals surface area contributed by atoms with Crippen LogP contribution in [0.15, 0.2) is 36.7 Å². The molecule has 0 aliphatic carbocycles. The van der Waals surface area contributed by atoms with Gasteiger partial charge in [0.15, 0.2) is 24.0 Å². The number of hydrogen-bond acceptors (Lipinski definition) is 7. The molecular weight excluding hydrogens is 317 g/mol. The fourth-order valence-corrected chi connectivity index (χ4v) is 1.81. The van der Waals surface area contributed by atoms with E-state index in [2.05, 4.69) is 15.3 Å². The van der Waals surface area contributed by atoms with E-state index >= 15 is 0 Å². The summed E-state index contributed by atoms with van der Waals surface area (Å²) >= 11 is 0. The highest BCUT2D eigenvalue weighted by Crippen LogP contribution is 2.18. The van der Waals surface area contributed by atoms with E-state index in [4.69, 9.17) is 9.47 Å². The second kappa shape index (κ2) is 8.56. The lowest BCUT2D eigenvalue weighted by molar-refractivity contribution is -0.142. The Morgan fingerprint density at radius 2 is 2.00 bits per heavy atom. The van der Waals surface area contributed by atoms with E-state index in [0.29, 0.717) is 5.95 Å². The molecule has 0 atom stereocenters. The van der Waals surface area contributed by atoms with Crippen LogP contribution in [-0.4, -0.2) is 42.0 Å². The van der Waals surface area contributed by atoms with Gasteiger partial charge < -0.3 is 14.8 Å². The molecule has 2 rings (SSSR count). The third-order valence-corrected chi connectivity index (χ3v) is 3.02. The summed E-state index contributed by atoms with van der Waals surface area (Å²) in [5.41, 5.74) is 0.108. The number of benzene rings is 1. The summed E-state index contributed by atoms with van der Waals surface area (Å²) < 4.78 is 23.2. The number of rotatable bonds is 8. The summed E-state index contributed by atoms with van der Waals surface area (Å²) in [7, 11) is 1.33. The molecule has 0 saturated heterocycles. The average molecular weight is 333 g/mol. The highest BCUT2D eigenvalue weighted by Gasteiger charge is 2.12. The summed E-state index contributed by atoms with van der Waals surface area (Å²) in [6, 6.07) is 5.47. The fraction of sp³-hybridized carbons (Fsp3) is 0.250. The van der Waals surface area contributed by atoms with E-state index in [1.807, 2.05) is 0 Å². The van der Waals surface area contributed by atoms with E-state index in [-0.39, 0.29) is 24.3 Å². The highest BCUT2D eigenvalue weighted by molar-refractivity contribution is 5.98. The number of nitrogens with zero attached hydrogens (tertiary/aromatic N) is 2. The number of halogens is 1. The molecule has 0 bridgehead atoms. The summed E-state index contributed by atoms with van der Waals surface area (Å²) in [6.45, 7) is -0.180. The number of anilines is 1.